The number of nitrogen functional groups attached to an aromatic ring is 1. The molecule has 3 heterocycles. The predicted octanol–water partition coefficient (Wildman–Crippen LogP) is 4.40. The number of hydrogen-bond acceptors (Lipinski definition) is 6. The molecule has 0 unspecified atom stereocenters. The standard InChI is InChI=1S/C22H22FN5O2S/c1-22(2,17-5-4-8-31-17)28-10-15(18-19(24)25-12-26-20(18)28)21(29)27-14-7-6-13(11-30-3)16(23)9-14/h4-10,12H,11H2,1-3H3,(H,27,29)(H2,24,25,26). The summed E-state index contributed by atoms with van der Waals surface area (Å²) >= 11 is 1.62. The number of fused-ring (bicyclic) bond motifs is 1. The summed E-state index contributed by atoms with van der Waals surface area (Å²) in [7, 11) is 1.50. The van der Waals surface area contributed by atoms with Crippen LogP contribution in [-0.4, -0.2) is 27.6 Å². The minimum Gasteiger partial charge on any atom is -0.383 e. The molecule has 0 spiro atoms. The van der Waals surface area contributed by atoms with Crippen molar-refractivity contribution in [2.24, 2.45) is 0 Å². The van der Waals surface area contributed by atoms with Gasteiger partial charge in [0.05, 0.1) is 23.1 Å². The number of nitrogens with zero attached hydrogens (tertiary/aromatic N) is 3. The second kappa shape index (κ2) is 8.09. The Morgan fingerprint density at radius 2 is 2.13 bits per heavy atom. The zero-order valence-corrected chi connectivity index (χ0v) is 18.2. The van der Waals surface area contributed by atoms with E-state index in [1.54, 1.807) is 29.7 Å². The number of carbonyl (C=O) groups is 1. The van der Waals surface area contributed by atoms with Crippen molar-refractivity contribution in [1.82, 2.24) is 14.5 Å². The minimum absolute atomic E-state index is 0.152. The molecule has 4 rings (SSSR count). The van der Waals surface area contributed by atoms with E-state index in [0.29, 0.717) is 27.8 Å². The molecule has 0 atom stereocenters. The lowest BCUT2D eigenvalue weighted by molar-refractivity contribution is 0.102. The maximum Gasteiger partial charge on any atom is 0.258 e. The molecule has 0 radical (unpaired) electrons. The lowest BCUT2D eigenvalue weighted by atomic mass is 10.0. The number of rotatable bonds is 6. The van der Waals surface area contributed by atoms with Crippen LogP contribution in [-0.2, 0) is 16.9 Å². The first-order valence-electron chi connectivity index (χ1n) is 9.57. The highest BCUT2D eigenvalue weighted by atomic mass is 32.1. The zero-order chi connectivity index (χ0) is 22.2. The topological polar surface area (TPSA) is 95.1 Å². The Balaban J connectivity index is 1.76. The van der Waals surface area contributed by atoms with E-state index in [2.05, 4.69) is 15.3 Å². The van der Waals surface area contributed by atoms with Crippen LogP contribution in [0, 0.1) is 5.82 Å². The van der Waals surface area contributed by atoms with Crippen LogP contribution in [0.25, 0.3) is 11.0 Å². The Labute approximate surface area is 182 Å². The van der Waals surface area contributed by atoms with Crippen molar-refractivity contribution >= 4 is 39.8 Å². The Kier molecular flexibility index (Phi) is 5.47. The fraction of sp³-hybridized carbons (Fsp3) is 0.227. The molecule has 9 heteroatoms. The van der Waals surface area contributed by atoms with Crippen LogP contribution in [0.3, 0.4) is 0 Å². The quantitative estimate of drug-likeness (QED) is 0.464. The van der Waals surface area contributed by atoms with Crippen molar-refractivity contribution in [3.8, 4) is 0 Å². The zero-order valence-electron chi connectivity index (χ0n) is 17.3. The van der Waals surface area contributed by atoms with Gasteiger partial charge in [0.1, 0.15) is 23.6 Å². The maximum atomic E-state index is 14.3. The van der Waals surface area contributed by atoms with Gasteiger partial charge in [-0.3, -0.25) is 4.79 Å². The Morgan fingerprint density at radius 1 is 1.32 bits per heavy atom. The highest BCUT2D eigenvalue weighted by molar-refractivity contribution is 7.10. The van der Waals surface area contributed by atoms with Gasteiger partial charge in [0.25, 0.3) is 5.91 Å². The van der Waals surface area contributed by atoms with E-state index in [9.17, 15) is 9.18 Å². The van der Waals surface area contributed by atoms with Crippen molar-refractivity contribution < 1.29 is 13.9 Å². The molecule has 0 aliphatic carbocycles. The number of nitrogens with two attached hydrogens (primary N) is 1. The van der Waals surface area contributed by atoms with Gasteiger partial charge in [-0.15, -0.1) is 11.3 Å². The largest absolute Gasteiger partial charge is 0.383 e. The number of carbonyl (C=O) groups excluding carboxylic acids is 1. The number of anilines is 2. The molecular weight excluding hydrogens is 417 g/mol. The molecule has 0 aliphatic rings. The molecular formula is C22H22FN5O2S. The van der Waals surface area contributed by atoms with Crippen molar-refractivity contribution in [2.75, 3.05) is 18.2 Å². The average molecular weight is 440 g/mol. The highest BCUT2D eigenvalue weighted by Crippen LogP contribution is 2.35. The number of hydrogen-bond donors (Lipinski definition) is 2. The van der Waals surface area contributed by atoms with Crippen LogP contribution in [0.4, 0.5) is 15.9 Å². The van der Waals surface area contributed by atoms with Gasteiger partial charge in [0, 0.05) is 29.4 Å². The summed E-state index contributed by atoms with van der Waals surface area (Å²) in [5.41, 5.74) is 7.26. The summed E-state index contributed by atoms with van der Waals surface area (Å²) in [5, 5.41) is 5.21. The lowest BCUT2D eigenvalue weighted by Crippen LogP contribution is -2.26. The van der Waals surface area contributed by atoms with E-state index in [0.717, 1.165) is 4.88 Å². The van der Waals surface area contributed by atoms with E-state index in [4.69, 9.17) is 10.5 Å². The van der Waals surface area contributed by atoms with E-state index in [-0.39, 0.29) is 12.4 Å². The Morgan fingerprint density at radius 3 is 2.81 bits per heavy atom. The molecule has 0 saturated carbocycles. The second-order valence-electron chi connectivity index (χ2n) is 7.60. The van der Waals surface area contributed by atoms with E-state index in [1.807, 2.05) is 35.9 Å². The van der Waals surface area contributed by atoms with Gasteiger partial charge >= 0.3 is 0 Å². The molecule has 3 aromatic heterocycles. The third-order valence-corrected chi connectivity index (χ3v) is 6.38. The van der Waals surface area contributed by atoms with E-state index < -0.39 is 17.3 Å². The van der Waals surface area contributed by atoms with Gasteiger partial charge in [0.15, 0.2) is 0 Å². The highest BCUT2D eigenvalue weighted by Gasteiger charge is 2.29. The number of thiophene rings is 1. The Hall–Kier alpha value is -3.30. The first-order valence-corrected chi connectivity index (χ1v) is 10.5. The van der Waals surface area contributed by atoms with Crippen LogP contribution < -0.4 is 11.1 Å². The molecule has 1 amide bonds. The van der Waals surface area contributed by atoms with Gasteiger partial charge in [0.2, 0.25) is 0 Å². The molecule has 0 aliphatic heterocycles. The van der Waals surface area contributed by atoms with Crippen LogP contribution >= 0.6 is 11.3 Å². The molecule has 0 fully saturated rings. The number of halogens is 1. The second-order valence-corrected chi connectivity index (χ2v) is 8.55. The smallest absolute Gasteiger partial charge is 0.258 e. The molecule has 31 heavy (non-hydrogen) atoms. The first-order chi connectivity index (χ1) is 14.8. The first kappa shape index (κ1) is 21.0. The number of aromatic nitrogens is 3. The SMILES string of the molecule is COCc1ccc(NC(=O)c2cn(C(C)(C)c3cccs3)c3ncnc(N)c23)cc1F. The number of ether oxygens (including phenoxy) is 1. The van der Waals surface area contributed by atoms with E-state index >= 15 is 0 Å². The fourth-order valence-corrected chi connectivity index (χ4v) is 4.37. The van der Waals surface area contributed by atoms with Crippen molar-refractivity contribution in [3.05, 3.63) is 70.1 Å². The van der Waals surface area contributed by atoms with Crippen molar-refractivity contribution in [1.29, 1.82) is 0 Å². The lowest BCUT2D eigenvalue weighted by Gasteiger charge is -2.26. The van der Waals surface area contributed by atoms with Gasteiger partial charge in [-0.2, -0.15) is 0 Å². The number of nitrogens with one attached hydrogen (secondary N) is 1. The summed E-state index contributed by atoms with van der Waals surface area (Å²) in [6, 6.07) is 8.48. The summed E-state index contributed by atoms with van der Waals surface area (Å²) in [4.78, 5) is 22.7. The summed E-state index contributed by atoms with van der Waals surface area (Å²) in [6.45, 7) is 4.24. The van der Waals surface area contributed by atoms with Crippen LogP contribution in [0.1, 0.15) is 34.6 Å². The number of benzene rings is 1. The van der Waals surface area contributed by atoms with Crippen LogP contribution in [0.2, 0.25) is 0 Å². The molecule has 160 valence electrons. The van der Waals surface area contributed by atoms with Crippen molar-refractivity contribution in [3.63, 3.8) is 0 Å². The van der Waals surface area contributed by atoms with Gasteiger partial charge in [-0.1, -0.05) is 12.1 Å². The van der Waals surface area contributed by atoms with Gasteiger partial charge in [-0.25, -0.2) is 14.4 Å². The molecule has 1 aromatic carbocycles. The molecule has 0 bridgehead atoms. The minimum atomic E-state index is -0.473. The molecule has 7 nitrogen and oxygen atoms in total. The van der Waals surface area contributed by atoms with Gasteiger partial charge < -0.3 is 20.4 Å². The molecule has 3 N–H and O–H groups in total. The third-order valence-electron chi connectivity index (χ3n) is 5.19. The van der Waals surface area contributed by atoms with E-state index in [1.165, 1.54) is 19.5 Å². The summed E-state index contributed by atoms with van der Waals surface area (Å²) in [5.74, 6) is -0.674. The summed E-state index contributed by atoms with van der Waals surface area (Å²) < 4.78 is 21.1. The number of amides is 1. The third kappa shape index (κ3) is 3.77. The fourth-order valence-electron chi connectivity index (χ4n) is 3.53. The normalized spacial score (nSPS) is 11.7. The predicted molar refractivity (Wildman–Crippen MR) is 120 cm³/mol. The molecule has 0 saturated heterocycles. The Bertz CT molecular complexity index is 1250. The average Bonchev–Trinajstić information content (AvgIpc) is 3.39. The van der Waals surface area contributed by atoms with Gasteiger partial charge in [-0.05, 0) is 37.4 Å². The summed E-state index contributed by atoms with van der Waals surface area (Å²) in [6.07, 6.45) is 3.10. The van der Waals surface area contributed by atoms with Crippen LogP contribution in [0.5, 0.6) is 0 Å². The monoisotopic (exact) mass is 439 g/mol. The van der Waals surface area contributed by atoms with Crippen LogP contribution in [0.15, 0.2) is 48.2 Å². The molecule has 4 aromatic rings. The van der Waals surface area contributed by atoms with Crippen molar-refractivity contribution in [2.45, 2.75) is 26.0 Å². The number of methoxy groups -OCH3 is 1. The maximum absolute atomic E-state index is 14.3.